The molecule has 5 heteroatoms. The Balaban J connectivity index is 1.41. The quantitative estimate of drug-likeness (QED) is 0.407. The van der Waals surface area contributed by atoms with E-state index in [0.717, 1.165) is 53.5 Å². The van der Waals surface area contributed by atoms with E-state index in [-0.39, 0.29) is 23.7 Å². The van der Waals surface area contributed by atoms with Gasteiger partial charge in [-0.3, -0.25) is 9.59 Å². The summed E-state index contributed by atoms with van der Waals surface area (Å²) in [5.41, 5.74) is 5.95. The molecule has 0 aromatic heterocycles. The highest BCUT2D eigenvalue weighted by Gasteiger charge is 2.45. The van der Waals surface area contributed by atoms with Crippen molar-refractivity contribution in [3.05, 3.63) is 94.9 Å². The number of carbonyl (C=O) groups excluding carboxylic acids is 2. The zero-order valence-corrected chi connectivity index (χ0v) is 22.6. The van der Waals surface area contributed by atoms with Gasteiger partial charge in [-0.05, 0) is 73.1 Å². The third kappa shape index (κ3) is 5.41. The van der Waals surface area contributed by atoms with Gasteiger partial charge >= 0.3 is 0 Å². The Labute approximate surface area is 220 Å². The molecule has 0 unspecified atom stereocenters. The van der Waals surface area contributed by atoms with Crippen LogP contribution in [0.5, 0.6) is 0 Å². The highest BCUT2D eigenvalue weighted by atomic mass is 16.2. The number of aliphatic hydroxyl groups is 1. The van der Waals surface area contributed by atoms with Gasteiger partial charge in [0.15, 0.2) is 0 Å². The zero-order chi connectivity index (χ0) is 26.8. The predicted molar refractivity (Wildman–Crippen MR) is 150 cm³/mol. The number of amides is 2. The van der Waals surface area contributed by atoms with Gasteiger partial charge in [-0.2, -0.15) is 0 Å². The third-order valence-electron chi connectivity index (χ3n) is 7.60. The van der Waals surface area contributed by atoms with E-state index in [1.165, 1.54) is 5.57 Å². The second-order valence-corrected chi connectivity index (χ2v) is 11.2. The van der Waals surface area contributed by atoms with Crippen LogP contribution in [0.4, 0.5) is 5.69 Å². The SMILES string of the molecule is CC/C(=C/O)c1ccc(CC(=O)Nc2ccc(C(C)(C)C(=O)N3CC(C)(C)C4=CCCC=C43)cc2)cc1. The first kappa shape index (κ1) is 26.5. The molecule has 5 nitrogen and oxygen atoms in total. The minimum atomic E-state index is -0.700. The van der Waals surface area contributed by atoms with E-state index in [1.807, 2.05) is 74.2 Å². The summed E-state index contributed by atoms with van der Waals surface area (Å²) in [5, 5.41) is 12.3. The fourth-order valence-electron chi connectivity index (χ4n) is 5.32. The summed E-state index contributed by atoms with van der Waals surface area (Å²) in [6.07, 6.45) is 8.62. The summed E-state index contributed by atoms with van der Waals surface area (Å²) in [6.45, 7) is 11.0. The van der Waals surface area contributed by atoms with E-state index in [1.54, 1.807) is 0 Å². The van der Waals surface area contributed by atoms with Crippen LogP contribution in [0, 0.1) is 5.41 Å². The lowest BCUT2D eigenvalue weighted by Crippen LogP contribution is -2.42. The van der Waals surface area contributed by atoms with Gasteiger partial charge in [0.05, 0.1) is 18.1 Å². The topological polar surface area (TPSA) is 69.6 Å². The third-order valence-corrected chi connectivity index (χ3v) is 7.60. The molecule has 4 rings (SSSR count). The molecular formula is C32H38N2O3. The lowest BCUT2D eigenvalue weighted by molar-refractivity contribution is -0.134. The Morgan fingerprint density at radius 3 is 2.30 bits per heavy atom. The Hall–Kier alpha value is -3.60. The maximum Gasteiger partial charge on any atom is 0.237 e. The molecule has 0 bridgehead atoms. The minimum absolute atomic E-state index is 0.0414. The fraction of sp³-hybridized carbons (Fsp3) is 0.375. The van der Waals surface area contributed by atoms with Gasteiger partial charge in [-0.1, -0.05) is 69.3 Å². The summed E-state index contributed by atoms with van der Waals surface area (Å²) < 4.78 is 0. The Morgan fingerprint density at radius 2 is 1.68 bits per heavy atom. The monoisotopic (exact) mass is 498 g/mol. The molecule has 2 aromatic rings. The molecular weight excluding hydrogens is 460 g/mol. The van der Waals surface area contributed by atoms with Crippen LogP contribution in [-0.2, 0) is 21.4 Å². The van der Waals surface area contributed by atoms with Gasteiger partial charge in [0.2, 0.25) is 11.8 Å². The largest absolute Gasteiger partial charge is 0.515 e. The van der Waals surface area contributed by atoms with Crippen LogP contribution in [0.2, 0.25) is 0 Å². The van der Waals surface area contributed by atoms with Crippen LogP contribution in [0.25, 0.3) is 5.57 Å². The Kier molecular flexibility index (Phi) is 7.44. The average molecular weight is 499 g/mol. The lowest BCUT2D eigenvalue weighted by Gasteiger charge is -2.31. The number of anilines is 1. The van der Waals surface area contributed by atoms with Gasteiger partial charge in [0, 0.05) is 23.3 Å². The molecule has 37 heavy (non-hydrogen) atoms. The number of nitrogens with one attached hydrogen (secondary N) is 1. The minimum Gasteiger partial charge on any atom is -0.515 e. The van der Waals surface area contributed by atoms with Crippen LogP contribution < -0.4 is 5.32 Å². The smallest absolute Gasteiger partial charge is 0.237 e. The number of aliphatic hydroxyl groups excluding tert-OH is 1. The molecule has 2 aliphatic rings. The number of hydrogen-bond acceptors (Lipinski definition) is 3. The number of likely N-dealkylation sites (tertiary alicyclic amines) is 1. The summed E-state index contributed by atoms with van der Waals surface area (Å²) in [5.74, 6) is -0.00765. The van der Waals surface area contributed by atoms with E-state index in [4.69, 9.17) is 0 Å². The molecule has 2 N–H and O–H groups in total. The summed E-state index contributed by atoms with van der Waals surface area (Å²) in [4.78, 5) is 28.4. The number of allylic oxidation sites excluding steroid dienone is 4. The Bertz CT molecular complexity index is 1260. The van der Waals surface area contributed by atoms with Crippen molar-refractivity contribution in [3.63, 3.8) is 0 Å². The number of fused-ring (bicyclic) bond motifs is 1. The van der Waals surface area contributed by atoms with Crippen LogP contribution in [0.1, 0.15) is 70.6 Å². The molecule has 0 atom stereocenters. The second-order valence-electron chi connectivity index (χ2n) is 11.2. The Morgan fingerprint density at radius 1 is 1.03 bits per heavy atom. The van der Waals surface area contributed by atoms with Gasteiger partial charge in [0.1, 0.15) is 0 Å². The van der Waals surface area contributed by atoms with Crippen molar-refractivity contribution in [2.75, 3.05) is 11.9 Å². The first-order valence-electron chi connectivity index (χ1n) is 13.1. The van der Waals surface area contributed by atoms with Crippen molar-refractivity contribution in [1.82, 2.24) is 4.90 Å². The van der Waals surface area contributed by atoms with E-state index in [0.29, 0.717) is 12.2 Å². The highest BCUT2D eigenvalue weighted by molar-refractivity contribution is 5.93. The summed E-state index contributed by atoms with van der Waals surface area (Å²) in [7, 11) is 0. The standard InChI is InChI=1S/C32H38N2O3/c1-6-23(20-35)24-13-11-22(12-14-24)19-29(36)33-26-17-15-25(16-18-26)32(4,5)30(37)34-21-31(2,3)27-9-7-8-10-28(27)34/h9-18,20,35H,6-8,19,21H2,1-5H3,(H,33,36)/b23-20-. The second kappa shape index (κ2) is 10.4. The van der Waals surface area contributed by atoms with E-state index < -0.39 is 5.41 Å². The van der Waals surface area contributed by atoms with Crippen molar-refractivity contribution >= 4 is 23.1 Å². The van der Waals surface area contributed by atoms with E-state index in [9.17, 15) is 14.7 Å². The number of hydrogen-bond donors (Lipinski definition) is 2. The van der Waals surface area contributed by atoms with Crippen LogP contribution >= 0.6 is 0 Å². The fourth-order valence-corrected chi connectivity index (χ4v) is 5.32. The molecule has 194 valence electrons. The highest BCUT2D eigenvalue weighted by Crippen LogP contribution is 2.46. The van der Waals surface area contributed by atoms with Crippen molar-refractivity contribution in [1.29, 1.82) is 0 Å². The molecule has 0 saturated carbocycles. The van der Waals surface area contributed by atoms with E-state index in [2.05, 4.69) is 31.3 Å². The maximum absolute atomic E-state index is 13.8. The average Bonchev–Trinajstić information content (AvgIpc) is 3.16. The van der Waals surface area contributed by atoms with Gasteiger partial charge in [-0.15, -0.1) is 0 Å². The predicted octanol–water partition coefficient (Wildman–Crippen LogP) is 6.93. The molecule has 2 amide bonds. The number of nitrogens with zero attached hydrogens (tertiary/aromatic N) is 1. The molecule has 1 aliphatic carbocycles. The van der Waals surface area contributed by atoms with Crippen molar-refractivity contribution < 1.29 is 14.7 Å². The summed E-state index contributed by atoms with van der Waals surface area (Å²) >= 11 is 0. The van der Waals surface area contributed by atoms with Crippen LogP contribution in [0.3, 0.4) is 0 Å². The summed E-state index contributed by atoms with van der Waals surface area (Å²) in [6, 6.07) is 15.3. The number of benzene rings is 2. The van der Waals surface area contributed by atoms with Crippen molar-refractivity contribution in [2.24, 2.45) is 5.41 Å². The van der Waals surface area contributed by atoms with Gasteiger partial charge in [0.25, 0.3) is 0 Å². The maximum atomic E-state index is 13.8. The molecule has 1 aliphatic heterocycles. The normalized spacial score (nSPS) is 17.1. The zero-order valence-electron chi connectivity index (χ0n) is 22.6. The number of rotatable bonds is 7. The van der Waals surface area contributed by atoms with E-state index >= 15 is 0 Å². The first-order chi connectivity index (χ1) is 17.6. The van der Waals surface area contributed by atoms with Crippen molar-refractivity contribution in [3.8, 4) is 0 Å². The molecule has 1 fully saturated rings. The molecule has 0 spiro atoms. The van der Waals surface area contributed by atoms with Gasteiger partial charge < -0.3 is 15.3 Å². The van der Waals surface area contributed by atoms with Crippen LogP contribution in [0.15, 0.2) is 78.2 Å². The lowest BCUT2D eigenvalue weighted by atomic mass is 9.83. The molecule has 1 heterocycles. The van der Waals surface area contributed by atoms with Crippen molar-refractivity contribution in [2.45, 2.75) is 65.7 Å². The van der Waals surface area contributed by atoms with Crippen LogP contribution in [-0.4, -0.2) is 28.4 Å². The number of carbonyl (C=O) groups is 2. The molecule has 2 aromatic carbocycles. The molecule has 0 radical (unpaired) electrons. The van der Waals surface area contributed by atoms with Gasteiger partial charge in [-0.25, -0.2) is 0 Å². The molecule has 1 saturated heterocycles. The first-order valence-corrected chi connectivity index (χ1v) is 13.1.